The van der Waals surface area contributed by atoms with Crippen molar-refractivity contribution in [3.63, 3.8) is 0 Å². The number of rotatable bonds is 4. The van der Waals surface area contributed by atoms with Gasteiger partial charge in [-0.25, -0.2) is 14.3 Å². The second-order valence-corrected chi connectivity index (χ2v) is 6.59. The van der Waals surface area contributed by atoms with Crippen molar-refractivity contribution in [3.05, 3.63) is 42.7 Å². The van der Waals surface area contributed by atoms with E-state index in [9.17, 15) is 9.90 Å². The van der Waals surface area contributed by atoms with E-state index in [4.69, 9.17) is 9.72 Å². The maximum atomic E-state index is 11.2. The molecule has 0 aliphatic carbocycles. The molecule has 1 atom stereocenters. The van der Waals surface area contributed by atoms with Gasteiger partial charge in [-0.15, -0.1) is 0 Å². The van der Waals surface area contributed by atoms with Crippen LogP contribution in [0.25, 0.3) is 16.8 Å². The molecule has 1 aliphatic rings. The third-order valence-electron chi connectivity index (χ3n) is 5.09. The van der Waals surface area contributed by atoms with Crippen LogP contribution in [0.3, 0.4) is 0 Å². The lowest BCUT2D eigenvalue weighted by Crippen LogP contribution is -2.38. The Bertz CT molecular complexity index is 986. The van der Waals surface area contributed by atoms with Gasteiger partial charge < -0.3 is 19.6 Å². The van der Waals surface area contributed by atoms with Gasteiger partial charge in [-0.2, -0.15) is 5.10 Å². The summed E-state index contributed by atoms with van der Waals surface area (Å²) in [5, 5.41) is 13.6. The summed E-state index contributed by atoms with van der Waals surface area (Å²) < 4.78 is 7.21. The highest BCUT2D eigenvalue weighted by atomic mass is 16.5. The number of amides is 1. The van der Waals surface area contributed by atoms with Crippen LogP contribution in [0.2, 0.25) is 0 Å². The van der Waals surface area contributed by atoms with Crippen LogP contribution in [0.4, 0.5) is 10.6 Å². The number of likely N-dealkylation sites (N-methyl/N-ethyl adjacent to an activating group) is 1. The molecular weight excluding hydrogens is 346 g/mol. The van der Waals surface area contributed by atoms with E-state index in [1.165, 1.54) is 4.90 Å². The van der Waals surface area contributed by atoms with Gasteiger partial charge in [0.25, 0.3) is 0 Å². The van der Waals surface area contributed by atoms with Gasteiger partial charge in [0.15, 0.2) is 5.65 Å². The van der Waals surface area contributed by atoms with Crippen LogP contribution >= 0.6 is 0 Å². The third kappa shape index (κ3) is 3.03. The maximum Gasteiger partial charge on any atom is 0.407 e. The van der Waals surface area contributed by atoms with Crippen LogP contribution in [0.5, 0.6) is 5.75 Å². The molecular formula is C19H21N5O3. The third-order valence-corrected chi connectivity index (χ3v) is 5.09. The van der Waals surface area contributed by atoms with Gasteiger partial charge in [0, 0.05) is 31.9 Å². The predicted octanol–water partition coefficient (Wildman–Crippen LogP) is 2.59. The molecule has 0 radical (unpaired) electrons. The van der Waals surface area contributed by atoms with Crippen molar-refractivity contribution >= 4 is 17.6 Å². The highest BCUT2D eigenvalue weighted by Crippen LogP contribution is 2.32. The second-order valence-electron chi connectivity index (χ2n) is 6.59. The Kier molecular flexibility index (Phi) is 4.31. The molecule has 0 spiro atoms. The molecule has 1 amide bonds. The van der Waals surface area contributed by atoms with Gasteiger partial charge in [0.1, 0.15) is 11.6 Å². The first-order valence-corrected chi connectivity index (χ1v) is 8.77. The molecule has 1 N–H and O–H groups in total. The molecule has 1 aliphatic heterocycles. The lowest BCUT2D eigenvalue weighted by atomic mass is 10.1. The largest absolute Gasteiger partial charge is 0.496 e. The molecule has 1 aromatic carbocycles. The van der Waals surface area contributed by atoms with Crippen LogP contribution in [0.15, 0.2) is 42.7 Å². The molecule has 27 heavy (non-hydrogen) atoms. The van der Waals surface area contributed by atoms with Crippen molar-refractivity contribution in [2.24, 2.45) is 0 Å². The van der Waals surface area contributed by atoms with Gasteiger partial charge in [-0.1, -0.05) is 18.2 Å². The average molecular weight is 367 g/mol. The zero-order valence-electron chi connectivity index (χ0n) is 15.2. The van der Waals surface area contributed by atoms with E-state index in [2.05, 4.69) is 10.00 Å². The Balaban J connectivity index is 1.68. The number of fused-ring (bicyclic) bond motifs is 1. The second kappa shape index (κ2) is 6.79. The number of hydrogen-bond acceptors (Lipinski definition) is 5. The number of hydrogen-bond donors (Lipinski definition) is 1. The number of carboxylic acid groups (broad SMARTS) is 1. The molecule has 0 saturated carbocycles. The van der Waals surface area contributed by atoms with E-state index in [0.717, 1.165) is 41.3 Å². The quantitative estimate of drug-likeness (QED) is 0.763. The smallest absolute Gasteiger partial charge is 0.407 e. The average Bonchev–Trinajstić information content (AvgIpc) is 3.34. The summed E-state index contributed by atoms with van der Waals surface area (Å²) in [6.07, 6.45) is 3.55. The Morgan fingerprint density at radius 1 is 1.30 bits per heavy atom. The van der Waals surface area contributed by atoms with E-state index < -0.39 is 6.09 Å². The molecule has 4 rings (SSSR count). The van der Waals surface area contributed by atoms with Crippen LogP contribution < -0.4 is 9.64 Å². The molecule has 140 valence electrons. The zero-order valence-corrected chi connectivity index (χ0v) is 15.2. The highest BCUT2D eigenvalue weighted by Gasteiger charge is 2.29. The van der Waals surface area contributed by atoms with Crippen LogP contribution in [0.1, 0.15) is 6.42 Å². The molecule has 1 fully saturated rings. The standard InChI is InChI=1S/C19H21N5O3/c1-22(19(25)26)13-7-9-23(12-13)17-8-10-24-18(21-17)15(11-20-24)14-5-3-4-6-16(14)27-2/h3-6,8,10-11,13H,7,9,12H2,1-2H3,(H,25,26). The van der Waals surface area contributed by atoms with Gasteiger partial charge in [-0.05, 0) is 18.6 Å². The Morgan fingerprint density at radius 2 is 2.11 bits per heavy atom. The van der Waals surface area contributed by atoms with Crippen molar-refractivity contribution in [1.82, 2.24) is 19.5 Å². The van der Waals surface area contributed by atoms with Crippen molar-refractivity contribution in [1.29, 1.82) is 0 Å². The van der Waals surface area contributed by atoms with E-state index in [1.807, 2.05) is 36.5 Å². The lowest BCUT2D eigenvalue weighted by molar-refractivity contribution is 0.142. The summed E-state index contributed by atoms with van der Waals surface area (Å²) in [6, 6.07) is 9.66. The summed E-state index contributed by atoms with van der Waals surface area (Å²) in [5.41, 5.74) is 2.57. The first-order valence-electron chi connectivity index (χ1n) is 8.77. The molecule has 8 heteroatoms. The number of carbonyl (C=O) groups is 1. The Morgan fingerprint density at radius 3 is 2.89 bits per heavy atom. The number of benzene rings is 1. The maximum absolute atomic E-state index is 11.2. The van der Waals surface area contributed by atoms with Gasteiger partial charge in [0.2, 0.25) is 0 Å². The van der Waals surface area contributed by atoms with Crippen LogP contribution in [0, 0.1) is 0 Å². The van der Waals surface area contributed by atoms with E-state index in [1.54, 1.807) is 24.9 Å². The predicted molar refractivity (Wildman–Crippen MR) is 101 cm³/mol. The number of para-hydroxylation sites is 1. The fourth-order valence-electron chi connectivity index (χ4n) is 3.51. The number of aromatic nitrogens is 3. The molecule has 3 aromatic rings. The van der Waals surface area contributed by atoms with E-state index in [-0.39, 0.29) is 6.04 Å². The summed E-state index contributed by atoms with van der Waals surface area (Å²) in [6.45, 7) is 1.40. The fraction of sp³-hybridized carbons (Fsp3) is 0.316. The van der Waals surface area contributed by atoms with Crippen molar-refractivity contribution in [2.45, 2.75) is 12.5 Å². The summed E-state index contributed by atoms with van der Waals surface area (Å²) in [5.74, 6) is 1.59. The van der Waals surface area contributed by atoms with E-state index >= 15 is 0 Å². The SMILES string of the molecule is COc1ccccc1-c1cnn2ccc(N3CCC(N(C)C(=O)O)C3)nc12. The molecule has 1 unspecified atom stereocenters. The summed E-state index contributed by atoms with van der Waals surface area (Å²) in [4.78, 5) is 19.5. The van der Waals surface area contributed by atoms with E-state index in [0.29, 0.717) is 6.54 Å². The number of ether oxygens (including phenoxy) is 1. The van der Waals surface area contributed by atoms with Crippen molar-refractivity contribution < 1.29 is 14.6 Å². The molecule has 0 bridgehead atoms. The zero-order chi connectivity index (χ0) is 19.0. The van der Waals surface area contributed by atoms with Crippen molar-refractivity contribution in [2.75, 3.05) is 32.1 Å². The topological polar surface area (TPSA) is 83.2 Å². The normalized spacial score (nSPS) is 16.7. The van der Waals surface area contributed by atoms with Gasteiger partial charge in [-0.3, -0.25) is 0 Å². The first kappa shape index (κ1) is 17.1. The van der Waals surface area contributed by atoms with Crippen LogP contribution in [-0.4, -0.2) is 64.0 Å². The van der Waals surface area contributed by atoms with Crippen molar-refractivity contribution in [3.8, 4) is 16.9 Å². The lowest BCUT2D eigenvalue weighted by Gasteiger charge is -2.22. The monoisotopic (exact) mass is 367 g/mol. The summed E-state index contributed by atoms with van der Waals surface area (Å²) in [7, 11) is 3.26. The Labute approximate surface area is 156 Å². The number of nitrogens with zero attached hydrogens (tertiary/aromatic N) is 5. The van der Waals surface area contributed by atoms with Gasteiger partial charge in [0.05, 0.1) is 24.9 Å². The number of anilines is 1. The fourth-order valence-corrected chi connectivity index (χ4v) is 3.51. The van der Waals surface area contributed by atoms with Crippen LogP contribution in [-0.2, 0) is 0 Å². The minimum atomic E-state index is -0.903. The highest BCUT2D eigenvalue weighted by molar-refractivity contribution is 5.81. The Hall–Kier alpha value is -3.29. The number of methoxy groups -OCH3 is 1. The molecule has 3 heterocycles. The van der Waals surface area contributed by atoms with Gasteiger partial charge >= 0.3 is 6.09 Å². The molecule has 2 aromatic heterocycles. The molecule has 8 nitrogen and oxygen atoms in total. The summed E-state index contributed by atoms with van der Waals surface area (Å²) >= 11 is 0. The molecule has 1 saturated heterocycles. The minimum absolute atomic E-state index is 0.0286. The minimum Gasteiger partial charge on any atom is -0.496 e. The first-order chi connectivity index (χ1) is 13.1.